The van der Waals surface area contributed by atoms with Gasteiger partial charge < -0.3 is 11.1 Å². The van der Waals surface area contributed by atoms with E-state index in [4.69, 9.17) is 5.73 Å². The average molecular weight is 445 g/mol. The second-order valence-corrected chi connectivity index (χ2v) is 7.72. The maximum atomic E-state index is 13.1. The zero-order chi connectivity index (χ0) is 23.2. The Hall–Kier alpha value is -4.20. The van der Waals surface area contributed by atoms with Crippen LogP contribution >= 0.6 is 0 Å². The predicted molar refractivity (Wildman–Crippen MR) is 124 cm³/mol. The van der Waals surface area contributed by atoms with E-state index < -0.39 is 11.7 Å². The van der Waals surface area contributed by atoms with Crippen molar-refractivity contribution in [1.29, 1.82) is 0 Å². The molecule has 0 amide bonds. The van der Waals surface area contributed by atoms with Gasteiger partial charge >= 0.3 is 6.18 Å². The van der Waals surface area contributed by atoms with Crippen LogP contribution in [0.3, 0.4) is 0 Å². The van der Waals surface area contributed by atoms with E-state index in [1.165, 1.54) is 6.07 Å². The summed E-state index contributed by atoms with van der Waals surface area (Å²) in [6.07, 6.45) is -1.09. The van der Waals surface area contributed by atoms with Gasteiger partial charge in [-0.1, -0.05) is 24.3 Å². The summed E-state index contributed by atoms with van der Waals surface area (Å²) in [5, 5.41) is 5.63. The highest BCUT2D eigenvalue weighted by atomic mass is 19.4. The van der Waals surface area contributed by atoms with Crippen LogP contribution in [0.4, 0.5) is 30.6 Å². The molecule has 5 nitrogen and oxygen atoms in total. The van der Waals surface area contributed by atoms with E-state index >= 15 is 0 Å². The molecule has 0 spiro atoms. The minimum absolute atomic E-state index is 0.216. The van der Waals surface area contributed by atoms with Crippen molar-refractivity contribution in [3.8, 4) is 11.1 Å². The summed E-state index contributed by atoms with van der Waals surface area (Å²) in [4.78, 5) is 12.7. The molecule has 5 rings (SSSR count). The lowest BCUT2D eigenvalue weighted by Crippen LogP contribution is -2.05. The van der Waals surface area contributed by atoms with E-state index in [1.54, 1.807) is 18.5 Å². The molecule has 2 aromatic heterocycles. The molecular formula is C25H18F3N5. The Balaban J connectivity index is 1.62. The van der Waals surface area contributed by atoms with Crippen LogP contribution in [-0.4, -0.2) is 15.0 Å². The van der Waals surface area contributed by atoms with Crippen LogP contribution in [0.2, 0.25) is 0 Å². The van der Waals surface area contributed by atoms with Crippen LogP contribution in [-0.2, 0) is 6.18 Å². The first-order chi connectivity index (χ1) is 15.8. The van der Waals surface area contributed by atoms with Gasteiger partial charge in [-0.2, -0.15) is 13.2 Å². The van der Waals surface area contributed by atoms with Crippen LogP contribution in [0, 0.1) is 6.92 Å². The molecule has 2 heterocycles. The van der Waals surface area contributed by atoms with Crippen molar-refractivity contribution in [3.05, 3.63) is 84.2 Å². The van der Waals surface area contributed by atoms with E-state index in [0.29, 0.717) is 11.5 Å². The van der Waals surface area contributed by atoms with Crippen LogP contribution in [0.15, 0.2) is 73.1 Å². The van der Waals surface area contributed by atoms with E-state index in [-0.39, 0.29) is 5.95 Å². The van der Waals surface area contributed by atoms with Crippen molar-refractivity contribution >= 4 is 39.1 Å². The smallest absolute Gasteiger partial charge is 0.368 e. The summed E-state index contributed by atoms with van der Waals surface area (Å²) >= 11 is 0. The largest absolute Gasteiger partial charge is 0.416 e. The highest BCUT2D eigenvalue weighted by Gasteiger charge is 2.30. The fraction of sp³-hybridized carbons (Fsp3) is 0.0800. The third kappa shape index (κ3) is 3.91. The Morgan fingerprint density at radius 2 is 1.76 bits per heavy atom. The van der Waals surface area contributed by atoms with Crippen LogP contribution in [0.1, 0.15) is 11.1 Å². The van der Waals surface area contributed by atoms with Gasteiger partial charge in [0.1, 0.15) is 5.82 Å². The molecule has 0 unspecified atom stereocenters. The maximum absolute atomic E-state index is 13.1. The van der Waals surface area contributed by atoms with Gasteiger partial charge in [0.2, 0.25) is 5.95 Å². The number of halogens is 3. The molecule has 164 valence electrons. The number of aryl methyl sites for hydroxylation is 1. The molecule has 3 N–H and O–H groups in total. The van der Waals surface area contributed by atoms with Crippen LogP contribution < -0.4 is 11.1 Å². The number of alkyl halides is 3. The number of aromatic nitrogens is 3. The zero-order valence-corrected chi connectivity index (χ0v) is 17.5. The molecule has 0 atom stereocenters. The second-order valence-electron chi connectivity index (χ2n) is 7.72. The molecule has 33 heavy (non-hydrogen) atoms. The summed E-state index contributed by atoms with van der Waals surface area (Å²) < 4.78 is 39.4. The van der Waals surface area contributed by atoms with E-state index in [2.05, 4.69) is 20.3 Å². The topological polar surface area (TPSA) is 76.7 Å². The Morgan fingerprint density at radius 1 is 0.909 bits per heavy atom. The summed E-state index contributed by atoms with van der Waals surface area (Å²) in [5.41, 5.74) is 9.05. The standard InChI is InChI=1S/C25H18F3N5/c1-14-5-7-20-19(22(14)15-6-8-21-16(11-15)13-31-24(29)33-21)9-10-30-23(20)32-18-4-2-3-17(12-18)25(26,27)28/h2-13H,1H3,(H,30,32)(H2,29,31,33). The molecule has 5 aromatic rings. The van der Waals surface area contributed by atoms with Gasteiger partial charge in [0.15, 0.2) is 0 Å². The molecule has 0 aliphatic carbocycles. The second kappa shape index (κ2) is 7.74. The highest BCUT2D eigenvalue weighted by Crippen LogP contribution is 2.37. The van der Waals surface area contributed by atoms with E-state index in [9.17, 15) is 13.2 Å². The summed E-state index contributed by atoms with van der Waals surface area (Å²) in [5.74, 6) is 0.693. The van der Waals surface area contributed by atoms with Gasteiger partial charge in [-0.3, -0.25) is 0 Å². The number of benzene rings is 3. The number of hydrogen-bond donors (Lipinski definition) is 2. The van der Waals surface area contributed by atoms with Crippen molar-refractivity contribution in [3.63, 3.8) is 0 Å². The van der Waals surface area contributed by atoms with Crippen molar-refractivity contribution in [2.45, 2.75) is 13.1 Å². The fourth-order valence-corrected chi connectivity index (χ4v) is 3.96. The van der Waals surface area contributed by atoms with Crippen LogP contribution in [0.5, 0.6) is 0 Å². The molecule has 0 bridgehead atoms. The van der Waals surface area contributed by atoms with Crippen molar-refractivity contribution in [1.82, 2.24) is 15.0 Å². The lowest BCUT2D eigenvalue weighted by atomic mass is 9.93. The number of hydrogen-bond acceptors (Lipinski definition) is 5. The Morgan fingerprint density at radius 3 is 2.58 bits per heavy atom. The molecule has 3 aromatic carbocycles. The fourth-order valence-electron chi connectivity index (χ4n) is 3.96. The SMILES string of the molecule is Cc1ccc2c(Nc3cccc(C(F)(F)F)c3)nccc2c1-c1ccc2nc(N)ncc2c1. The number of anilines is 3. The van der Waals surface area contributed by atoms with Crippen LogP contribution in [0.25, 0.3) is 32.8 Å². The van der Waals surface area contributed by atoms with Crippen molar-refractivity contribution in [2.75, 3.05) is 11.1 Å². The Kier molecular flexibility index (Phi) is 4.85. The predicted octanol–water partition coefficient (Wildman–Crippen LogP) is 6.50. The monoisotopic (exact) mass is 445 g/mol. The van der Waals surface area contributed by atoms with Gasteiger partial charge in [-0.05, 0) is 65.4 Å². The van der Waals surface area contributed by atoms with Gasteiger partial charge in [0.25, 0.3) is 0 Å². The zero-order valence-electron chi connectivity index (χ0n) is 17.5. The number of rotatable bonds is 3. The van der Waals surface area contributed by atoms with E-state index in [1.807, 2.05) is 43.3 Å². The normalized spacial score (nSPS) is 11.8. The first kappa shape index (κ1) is 20.7. The molecular weight excluding hydrogens is 427 g/mol. The molecule has 0 aliphatic heterocycles. The highest BCUT2D eigenvalue weighted by molar-refractivity contribution is 6.04. The number of nitrogen functional groups attached to an aromatic ring is 1. The van der Waals surface area contributed by atoms with Gasteiger partial charge in [-0.25, -0.2) is 15.0 Å². The first-order valence-electron chi connectivity index (χ1n) is 10.1. The number of nitrogens with two attached hydrogens (primary N) is 1. The third-order valence-electron chi connectivity index (χ3n) is 5.49. The molecule has 0 saturated heterocycles. The number of nitrogens with one attached hydrogen (secondary N) is 1. The minimum atomic E-state index is -4.42. The molecule has 0 aliphatic rings. The summed E-state index contributed by atoms with van der Waals surface area (Å²) in [7, 11) is 0. The maximum Gasteiger partial charge on any atom is 0.416 e. The molecule has 0 saturated carbocycles. The minimum Gasteiger partial charge on any atom is -0.368 e. The lowest BCUT2D eigenvalue weighted by molar-refractivity contribution is -0.137. The quantitative estimate of drug-likeness (QED) is 0.332. The van der Waals surface area contributed by atoms with Crippen molar-refractivity contribution < 1.29 is 13.2 Å². The Labute approximate surface area is 187 Å². The summed E-state index contributed by atoms with van der Waals surface area (Å²) in [6.45, 7) is 2.01. The summed E-state index contributed by atoms with van der Waals surface area (Å²) in [6, 6.07) is 16.7. The number of fused-ring (bicyclic) bond motifs is 2. The van der Waals surface area contributed by atoms with Gasteiger partial charge in [0, 0.05) is 28.9 Å². The first-order valence-corrected chi connectivity index (χ1v) is 10.1. The number of nitrogens with zero attached hydrogens (tertiary/aromatic N) is 3. The molecule has 8 heteroatoms. The third-order valence-corrected chi connectivity index (χ3v) is 5.49. The lowest BCUT2D eigenvalue weighted by Gasteiger charge is -2.15. The van der Waals surface area contributed by atoms with Gasteiger partial charge in [0.05, 0.1) is 11.1 Å². The van der Waals surface area contributed by atoms with Gasteiger partial charge in [-0.15, -0.1) is 0 Å². The van der Waals surface area contributed by atoms with Crippen molar-refractivity contribution in [2.24, 2.45) is 0 Å². The number of pyridine rings is 1. The Bertz CT molecular complexity index is 1510. The van der Waals surface area contributed by atoms with E-state index in [0.717, 1.165) is 50.5 Å². The molecule has 0 fully saturated rings. The average Bonchev–Trinajstić information content (AvgIpc) is 2.78. The molecule has 0 radical (unpaired) electrons.